The van der Waals surface area contributed by atoms with Crippen molar-refractivity contribution < 1.29 is 61.7 Å². The number of carbonyl (C=O) groups is 2. The number of amides is 3. The summed E-state index contributed by atoms with van der Waals surface area (Å²) in [4.78, 5) is 23.5. The summed E-state index contributed by atoms with van der Waals surface area (Å²) in [5.41, 5.74) is 5.33. The minimum atomic E-state index is -0.0606. The molecule has 0 bridgehead atoms. The van der Waals surface area contributed by atoms with Gasteiger partial charge in [-0.2, -0.15) is 11.8 Å². The fourth-order valence-electron chi connectivity index (χ4n) is 5.01. The van der Waals surface area contributed by atoms with E-state index in [9.17, 15) is 9.59 Å². The Morgan fingerprint density at radius 1 is 0.577 bits per heavy atom. The maximum Gasteiger partial charge on any atom is 0.315 e. The average molecular weight is 771 g/mol. The summed E-state index contributed by atoms with van der Waals surface area (Å²) in [5, 5.41) is 9.28. The van der Waals surface area contributed by atoms with Crippen LogP contribution < -0.4 is 21.7 Å². The lowest BCUT2D eigenvalue weighted by molar-refractivity contribution is -0.121. The van der Waals surface area contributed by atoms with Gasteiger partial charge >= 0.3 is 6.03 Å². The number of thioether (sulfide) groups is 1. The zero-order valence-corrected chi connectivity index (χ0v) is 31.8. The van der Waals surface area contributed by atoms with Crippen LogP contribution in [0.1, 0.15) is 25.7 Å². The fraction of sp³-hybridized carbons (Fsp3) is 0.941. The molecule has 52 heavy (non-hydrogen) atoms. The van der Waals surface area contributed by atoms with Gasteiger partial charge in [0, 0.05) is 30.5 Å². The molecule has 2 saturated heterocycles. The molecule has 0 aliphatic carbocycles. The van der Waals surface area contributed by atoms with Crippen molar-refractivity contribution in [1.29, 1.82) is 0 Å². The standard InChI is InChI=1S/C34H66N4O13S/c35-5-7-41-9-11-43-13-15-45-17-19-47-21-23-49-25-27-51-28-26-50-24-22-48-20-18-46-16-14-44-12-10-42-8-6-36-32(39)4-2-1-3-31-33-30(29-52-31)37-34(40)38-33/h30-31,33H,1-29,35H2,(H,36,39)(H2,37,38,40)/t30-,31-,33-/m0/s1. The summed E-state index contributed by atoms with van der Waals surface area (Å²) in [6, 6.07) is 0.407. The van der Waals surface area contributed by atoms with Crippen LogP contribution >= 0.6 is 11.8 Å². The third kappa shape index (κ3) is 27.2. The second-order valence-corrected chi connectivity index (χ2v) is 13.0. The van der Waals surface area contributed by atoms with Crippen LogP contribution in [-0.2, 0) is 56.9 Å². The van der Waals surface area contributed by atoms with E-state index < -0.39 is 0 Å². The summed E-state index contributed by atoms with van der Waals surface area (Å²) < 4.78 is 59.9. The summed E-state index contributed by atoms with van der Waals surface area (Å²) >= 11 is 1.90. The van der Waals surface area contributed by atoms with Gasteiger partial charge in [-0.3, -0.25) is 4.79 Å². The molecule has 18 heteroatoms. The van der Waals surface area contributed by atoms with Crippen LogP contribution in [0.4, 0.5) is 4.79 Å². The average Bonchev–Trinajstić information content (AvgIpc) is 3.70. The molecule has 2 fully saturated rings. The molecule has 306 valence electrons. The largest absolute Gasteiger partial charge is 0.378 e. The van der Waals surface area contributed by atoms with Gasteiger partial charge in [-0.15, -0.1) is 0 Å². The van der Waals surface area contributed by atoms with Crippen molar-refractivity contribution >= 4 is 23.7 Å². The predicted molar refractivity (Wildman–Crippen MR) is 195 cm³/mol. The maximum atomic E-state index is 12.0. The van der Waals surface area contributed by atoms with Crippen molar-refractivity contribution in [1.82, 2.24) is 16.0 Å². The van der Waals surface area contributed by atoms with E-state index in [1.54, 1.807) is 0 Å². The van der Waals surface area contributed by atoms with Gasteiger partial charge in [0.2, 0.25) is 5.91 Å². The molecule has 2 aliphatic heterocycles. The van der Waals surface area contributed by atoms with E-state index in [0.717, 1.165) is 25.0 Å². The van der Waals surface area contributed by atoms with Crippen LogP contribution in [0.25, 0.3) is 0 Å². The fourth-order valence-corrected chi connectivity index (χ4v) is 6.55. The highest BCUT2D eigenvalue weighted by atomic mass is 32.2. The van der Waals surface area contributed by atoms with Crippen LogP contribution in [0.2, 0.25) is 0 Å². The third-order valence-corrected chi connectivity index (χ3v) is 9.14. The third-order valence-electron chi connectivity index (χ3n) is 7.63. The number of rotatable bonds is 40. The number of hydrogen-bond donors (Lipinski definition) is 4. The Hall–Kier alpha value is -1.39. The lowest BCUT2D eigenvalue weighted by atomic mass is 10.0. The van der Waals surface area contributed by atoms with Crippen LogP contribution in [0, 0.1) is 0 Å². The van der Waals surface area contributed by atoms with Crippen LogP contribution in [0.15, 0.2) is 0 Å². The van der Waals surface area contributed by atoms with Crippen molar-refractivity contribution in [2.45, 2.75) is 43.0 Å². The Bertz CT molecular complexity index is 842. The molecule has 5 N–H and O–H groups in total. The van der Waals surface area contributed by atoms with Gasteiger partial charge in [-0.1, -0.05) is 6.42 Å². The van der Waals surface area contributed by atoms with E-state index >= 15 is 0 Å². The van der Waals surface area contributed by atoms with Gasteiger partial charge in [0.05, 0.1) is 157 Å². The molecule has 17 nitrogen and oxygen atoms in total. The predicted octanol–water partition coefficient (Wildman–Crippen LogP) is -0.0303. The Kier molecular flexibility index (Phi) is 31.8. The summed E-state index contributed by atoms with van der Waals surface area (Å²) in [5.74, 6) is 1.00. The molecule has 2 heterocycles. The second-order valence-electron chi connectivity index (χ2n) is 11.7. The first-order valence-corrected chi connectivity index (χ1v) is 19.8. The quantitative estimate of drug-likeness (QED) is 0.0479. The molecule has 3 atom stereocenters. The van der Waals surface area contributed by atoms with E-state index in [1.807, 2.05) is 11.8 Å². The van der Waals surface area contributed by atoms with Gasteiger partial charge in [0.1, 0.15) is 0 Å². The molecular formula is C34H66N4O13S. The highest BCUT2D eigenvalue weighted by Crippen LogP contribution is 2.33. The molecular weight excluding hydrogens is 704 g/mol. The maximum absolute atomic E-state index is 12.0. The number of ether oxygens (including phenoxy) is 11. The minimum Gasteiger partial charge on any atom is -0.378 e. The molecule has 0 spiro atoms. The lowest BCUT2D eigenvalue weighted by Gasteiger charge is -2.16. The topological polar surface area (TPSA) is 198 Å². The summed E-state index contributed by atoms with van der Waals surface area (Å²) in [7, 11) is 0. The van der Waals surface area contributed by atoms with Crippen LogP contribution in [-0.4, -0.2) is 193 Å². The highest BCUT2D eigenvalue weighted by Gasteiger charge is 2.42. The molecule has 0 aromatic rings. The van der Waals surface area contributed by atoms with E-state index in [2.05, 4.69) is 16.0 Å². The van der Waals surface area contributed by atoms with E-state index in [0.29, 0.717) is 170 Å². The Labute approximate surface area is 313 Å². The zero-order valence-electron chi connectivity index (χ0n) is 31.0. The van der Waals surface area contributed by atoms with Crippen molar-refractivity contribution in [3.05, 3.63) is 0 Å². The number of urea groups is 1. The smallest absolute Gasteiger partial charge is 0.315 e. The Morgan fingerprint density at radius 3 is 1.37 bits per heavy atom. The Morgan fingerprint density at radius 2 is 0.962 bits per heavy atom. The molecule has 2 rings (SSSR count). The lowest BCUT2D eigenvalue weighted by Crippen LogP contribution is -2.36. The first-order chi connectivity index (χ1) is 25.7. The van der Waals surface area contributed by atoms with Crippen LogP contribution in [0.3, 0.4) is 0 Å². The normalized spacial score (nSPS) is 18.1. The number of unbranched alkanes of at least 4 members (excludes halogenated alkanes) is 1. The van der Waals surface area contributed by atoms with Crippen molar-refractivity contribution in [3.63, 3.8) is 0 Å². The molecule has 2 aliphatic rings. The monoisotopic (exact) mass is 770 g/mol. The molecule has 0 aromatic heterocycles. The van der Waals surface area contributed by atoms with Gasteiger partial charge in [0.25, 0.3) is 0 Å². The highest BCUT2D eigenvalue weighted by molar-refractivity contribution is 8.00. The molecule has 3 amide bonds. The number of nitrogens with two attached hydrogens (primary N) is 1. The number of hydrogen-bond acceptors (Lipinski definition) is 15. The molecule has 0 unspecified atom stereocenters. The van der Waals surface area contributed by atoms with Gasteiger partial charge in [0.15, 0.2) is 0 Å². The molecule has 0 saturated carbocycles. The summed E-state index contributed by atoms with van der Waals surface area (Å²) in [6.45, 7) is 12.0. The minimum absolute atomic E-state index is 0.0433. The van der Waals surface area contributed by atoms with Crippen molar-refractivity contribution in [3.8, 4) is 0 Å². The Balaban J connectivity index is 1.15. The van der Waals surface area contributed by atoms with E-state index in [4.69, 9.17) is 57.8 Å². The van der Waals surface area contributed by atoms with Crippen LogP contribution in [0.5, 0.6) is 0 Å². The molecule has 0 aromatic carbocycles. The SMILES string of the molecule is NCCOCCOCCOCCOCCOCCOCCOCCOCCOCCOCCOCCNC(=O)CCCC[C@@H]1SC[C@@H]2NC(=O)N[C@@H]21. The number of fused-ring (bicyclic) bond motifs is 1. The van der Waals surface area contributed by atoms with Gasteiger partial charge in [-0.25, -0.2) is 4.79 Å². The zero-order chi connectivity index (χ0) is 37.0. The number of nitrogens with one attached hydrogen (secondary N) is 3. The van der Waals surface area contributed by atoms with E-state index in [-0.39, 0.29) is 24.0 Å². The van der Waals surface area contributed by atoms with Gasteiger partial charge < -0.3 is 73.8 Å². The number of carbonyl (C=O) groups excluding carboxylic acids is 2. The van der Waals surface area contributed by atoms with Crippen molar-refractivity contribution in [2.75, 3.05) is 164 Å². The first kappa shape index (κ1) is 46.8. The first-order valence-electron chi connectivity index (χ1n) is 18.7. The molecule has 0 radical (unpaired) electrons. The second kappa shape index (κ2) is 35.3. The van der Waals surface area contributed by atoms with E-state index in [1.165, 1.54) is 0 Å². The summed E-state index contributed by atoms with van der Waals surface area (Å²) in [6.07, 6.45) is 3.34. The van der Waals surface area contributed by atoms with Gasteiger partial charge in [-0.05, 0) is 12.8 Å². The van der Waals surface area contributed by atoms with Crippen molar-refractivity contribution in [2.24, 2.45) is 5.73 Å².